The molecule has 11 heteroatoms. The zero-order valence-corrected chi connectivity index (χ0v) is 18.9. The molecule has 0 saturated heterocycles. The van der Waals surface area contributed by atoms with Crippen LogP contribution in [-0.2, 0) is 32.2 Å². The van der Waals surface area contributed by atoms with Crippen LogP contribution in [0.1, 0.15) is 44.1 Å². The fraction of sp³-hybridized carbons (Fsp3) is 0.571. The molecule has 0 spiro atoms. The highest BCUT2D eigenvalue weighted by Crippen LogP contribution is 2.14. The van der Waals surface area contributed by atoms with Crippen LogP contribution in [0.5, 0.6) is 0 Å². The third-order valence-electron chi connectivity index (χ3n) is 4.56. The van der Waals surface area contributed by atoms with Crippen LogP contribution >= 0.6 is 0 Å². The van der Waals surface area contributed by atoms with Crippen LogP contribution < -0.4 is 16.4 Å². The number of rotatable bonds is 14. The molecule has 0 bridgehead atoms. The Labute approximate surface area is 188 Å². The van der Waals surface area contributed by atoms with E-state index in [9.17, 15) is 9.59 Å². The number of methoxy groups -OCH3 is 1. The van der Waals surface area contributed by atoms with Gasteiger partial charge < -0.3 is 25.8 Å². The Kier molecular flexibility index (Phi) is 10.2. The van der Waals surface area contributed by atoms with Gasteiger partial charge in [0.25, 0.3) is 0 Å². The third kappa shape index (κ3) is 8.69. The van der Waals surface area contributed by atoms with Gasteiger partial charge in [-0.1, -0.05) is 30.3 Å². The second kappa shape index (κ2) is 12.8. The van der Waals surface area contributed by atoms with Crippen molar-refractivity contribution in [2.45, 2.75) is 51.4 Å². The van der Waals surface area contributed by atoms with Gasteiger partial charge in [0.15, 0.2) is 5.82 Å². The van der Waals surface area contributed by atoms with Gasteiger partial charge in [0, 0.05) is 26.6 Å². The average Bonchev–Trinajstić information content (AvgIpc) is 3.21. The monoisotopic (exact) mass is 447 g/mol. The van der Waals surface area contributed by atoms with Crippen LogP contribution in [0.25, 0.3) is 0 Å². The predicted molar refractivity (Wildman–Crippen MR) is 117 cm³/mol. The Balaban J connectivity index is 1.99. The quantitative estimate of drug-likeness (QED) is 0.351. The number of hydrogen-bond donors (Lipinski definition) is 3. The Morgan fingerprint density at radius 3 is 2.69 bits per heavy atom. The number of carbonyl (C=O) groups excluding carboxylic acids is 2. The molecule has 0 unspecified atom stereocenters. The minimum atomic E-state index is -1.07. The highest BCUT2D eigenvalue weighted by Gasteiger charge is 2.28. The highest BCUT2D eigenvalue weighted by molar-refractivity contribution is 5.85. The summed E-state index contributed by atoms with van der Waals surface area (Å²) in [6.45, 7) is 5.12. The van der Waals surface area contributed by atoms with Crippen molar-refractivity contribution in [3.63, 3.8) is 0 Å². The van der Waals surface area contributed by atoms with Gasteiger partial charge in [0.2, 0.25) is 11.8 Å². The fourth-order valence-electron chi connectivity index (χ4n) is 2.78. The standard InChI is InChI=1S/C21H33N7O4/c1-21(2,22)20(30)24-17(15-32-14-16-8-5-4-6-9-16)19-25-26-27-28(19)12-7-10-18(29)23-11-13-31-3/h4-6,8-9,17H,7,10-15,22H2,1-3H3,(H,23,29)(H,24,30)/t17-/m1/s1. The van der Waals surface area contributed by atoms with Gasteiger partial charge in [0.05, 0.1) is 25.4 Å². The number of nitrogens with one attached hydrogen (secondary N) is 2. The lowest BCUT2D eigenvalue weighted by Crippen LogP contribution is -2.51. The molecule has 1 atom stereocenters. The molecule has 0 aliphatic rings. The summed E-state index contributed by atoms with van der Waals surface area (Å²) >= 11 is 0. The smallest absolute Gasteiger partial charge is 0.240 e. The first kappa shape index (κ1) is 25.4. The maximum Gasteiger partial charge on any atom is 0.240 e. The van der Waals surface area contributed by atoms with Crippen LogP contribution in [0, 0.1) is 0 Å². The maximum absolute atomic E-state index is 12.5. The van der Waals surface area contributed by atoms with E-state index < -0.39 is 11.6 Å². The first-order valence-electron chi connectivity index (χ1n) is 10.5. The molecule has 2 aromatic rings. The van der Waals surface area contributed by atoms with Crippen molar-refractivity contribution in [3.05, 3.63) is 41.7 Å². The van der Waals surface area contributed by atoms with Gasteiger partial charge in [-0.15, -0.1) is 5.10 Å². The van der Waals surface area contributed by atoms with Crippen LogP contribution in [0.3, 0.4) is 0 Å². The number of nitrogens with zero attached hydrogens (tertiary/aromatic N) is 4. The van der Waals surface area contributed by atoms with E-state index in [0.29, 0.717) is 45.0 Å². The van der Waals surface area contributed by atoms with E-state index in [1.807, 2.05) is 30.3 Å². The third-order valence-corrected chi connectivity index (χ3v) is 4.56. The van der Waals surface area contributed by atoms with Gasteiger partial charge >= 0.3 is 0 Å². The van der Waals surface area contributed by atoms with E-state index in [-0.39, 0.29) is 18.4 Å². The van der Waals surface area contributed by atoms with Gasteiger partial charge in [-0.05, 0) is 36.3 Å². The molecule has 2 amide bonds. The van der Waals surface area contributed by atoms with Crippen molar-refractivity contribution in [3.8, 4) is 0 Å². The van der Waals surface area contributed by atoms with Crippen molar-refractivity contribution in [2.75, 3.05) is 26.9 Å². The molecular formula is C21H33N7O4. The summed E-state index contributed by atoms with van der Waals surface area (Å²) in [6, 6.07) is 9.11. The summed E-state index contributed by atoms with van der Waals surface area (Å²) in [5.74, 6) is 0.0194. The number of tetrazole rings is 1. The Hall–Kier alpha value is -2.89. The number of aryl methyl sites for hydroxylation is 1. The average molecular weight is 448 g/mol. The SMILES string of the molecule is COCCNC(=O)CCCn1nnnc1[C@@H](COCc1ccccc1)NC(=O)C(C)(C)N. The van der Waals surface area contributed by atoms with E-state index in [1.54, 1.807) is 25.6 Å². The van der Waals surface area contributed by atoms with Crippen LogP contribution in [0.4, 0.5) is 0 Å². The number of benzene rings is 1. The Morgan fingerprint density at radius 1 is 1.25 bits per heavy atom. The molecule has 4 N–H and O–H groups in total. The number of carbonyl (C=O) groups is 2. The number of amides is 2. The van der Waals surface area contributed by atoms with Crippen molar-refractivity contribution in [1.29, 1.82) is 0 Å². The molecule has 1 heterocycles. The first-order chi connectivity index (χ1) is 15.3. The normalized spacial score (nSPS) is 12.4. The summed E-state index contributed by atoms with van der Waals surface area (Å²) < 4.78 is 12.3. The summed E-state index contributed by atoms with van der Waals surface area (Å²) in [5, 5.41) is 17.5. The lowest BCUT2D eigenvalue weighted by atomic mass is 10.1. The lowest BCUT2D eigenvalue weighted by Gasteiger charge is -2.23. The van der Waals surface area contributed by atoms with Crippen LogP contribution in [-0.4, -0.2) is 64.4 Å². The van der Waals surface area contributed by atoms with Gasteiger partial charge in [-0.2, -0.15) is 0 Å². The minimum Gasteiger partial charge on any atom is -0.383 e. The molecule has 0 aliphatic carbocycles. The van der Waals surface area contributed by atoms with E-state index in [2.05, 4.69) is 26.2 Å². The summed E-state index contributed by atoms with van der Waals surface area (Å²) in [7, 11) is 1.58. The first-order valence-corrected chi connectivity index (χ1v) is 10.5. The maximum atomic E-state index is 12.5. The van der Waals surface area contributed by atoms with Crippen molar-refractivity contribution in [2.24, 2.45) is 5.73 Å². The van der Waals surface area contributed by atoms with Crippen molar-refractivity contribution in [1.82, 2.24) is 30.8 Å². The number of ether oxygens (including phenoxy) is 2. The zero-order chi connectivity index (χ0) is 23.4. The fourth-order valence-corrected chi connectivity index (χ4v) is 2.78. The molecule has 1 aromatic carbocycles. The molecular weight excluding hydrogens is 414 g/mol. The lowest BCUT2D eigenvalue weighted by molar-refractivity contribution is -0.126. The Morgan fingerprint density at radius 2 is 2.00 bits per heavy atom. The molecule has 11 nitrogen and oxygen atoms in total. The minimum absolute atomic E-state index is 0.0717. The van der Waals surface area contributed by atoms with E-state index in [1.165, 1.54) is 0 Å². The largest absolute Gasteiger partial charge is 0.383 e. The molecule has 0 aliphatic heterocycles. The highest BCUT2D eigenvalue weighted by atomic mass is 16.5. The molecule has 0 saturated carbocycles. The van der Waals surface area contributed by atoms with Gasteiger partial charge in [0.1, 0.15) is 6.04 Å². The number of nitrogens with two attached hydrogens (primary N) is 1. The van der Waals surface area contributed by atoms with Gasteiger partial charge in [-0.25, -0.2) is 4.68 Å². The summed E-state index contributed by atoms with van der Waals surface area (Å²) in [5.41, 5.74) is 5.87. The van der Waals surface area contributed by atoms with Crippen LogP contribution in [0.2, 0.25) is 0 Å². The second-order valence-corrected chi connectivity index (χ2v) is 7.95. The Bertz CT molecular complexity index is 836. The zero-order valence-electron chi connectivity index (χ0n) is 18.9. The molecule has 1 aromatic heterocycles. The number of aromatic nitrogens is 4. The molecule has 0 fully saturated rings. The van der Waals surface area contributed by atoms with Crippen molar-refractivity contribution >= 4 is 11.8 Å². The number of hydrogen-bond acceptors (Lipinski definition) is 8. The molecule has 0 radical (unpaired) electrons. The second-order valence-electron chi connectivity index (χ2n) is 7.95. The van der Waals surface area contributed by atoms with E-state index in [0.717, 1.165) is 5.56 Å². The van der Waals surface area contributed by atoms with Crippen molar-refractivity contribution < 1.29 is 19.1 Å². The summed E-state index contributed by atoms with van der Waals surface area (Å²) in [6.07, 6.45) is 0.852. The topological polar surface area (TPSA) is 146 Å². The predicted octanol–water partition coefficient (Wildman–Crippen LogP) is 0.327. The molecule has 32 heavy (non-hydrogen) atoms. The summed E-state index contributed by atoms with van der Waals surface area (Å²) in [4.78, 5) is 24.4. The molecule has 176 valence electrons. The molecule has 2 rings (SSSR count). The van der Waals surface area contributed by atoms with E-state index in [4.69, 9.17) is 15.2 Å². The van der Waals surface area contributed by atoms with E-state index >= 15 is 0 Å². The van der Waals surface area contributed by atoms with Crippen LogP contribution in [0.15, 0.2) is 30.3 Å². The van der Waals surface area contributed by atoms with Gasteiger partial charge in [-0.3, -0.25) is 9.59 Å².